The third kappa shape index (κ3) is 2.94. The van der Waals surface area contributed by atoms with Crippen molar-refractivity contribution in [2.24, 2.45) is 0 Å². The summed E-state index contributed by atoms with van der Waals surface area (Å²) in [7, 11) is 0. The van der Waals surface area contributed by atoms with E-state index in [0.717, 1.165) is 15.7 Å². The fourth-order valence-electron chi connectivity index (χ4n) is 1.68. The molecule has 8 heteroatoms. The van der Waals surface area contributed by atoms with Crippen LogP contribution in [0.2, 0.25) is 5.02 Å². The highest BCUT2D eigenvalue weighted by Gasteiger charge is 2.08. The lowest BCUT2D eigenvalue weighted by molar-refractivity contribution is -0.116. The molecule has 102 valence electrons. The number of hydrogen-bond acceptors (Lipinski definition) is 5. The van der Waals surface area contributed by atoms with Crippen molar-refractivity contribution < 1.29 is 4.79 Å². The molecule has 0 spiro atoms. The van der Waals surface area contributed by atoms with E-state index in [1.807, 2.05) is 0 Å². The summed E-state index contributed by atoms with van der Waals surface area (Å²) in [5.41, 5.74) is 0.734. The van der Waals surface area contributed by atoms with Crippen molar-refractivity contribution in [3.8, 4) is 0 Å². The minimum absolute atomic E-state index is 0.0571. The molecule has 1 amide bonds. The van der Waals surface area contributed by atoms with Gasteiger partial charge < -0.3 is 5.32 Å². The Morgan fingerprint density at radius 1 is 1.35 bits per heavy atom. The molecule has 1 N–H and O–H groups in total. The van der Waals surface area contributed by atoms with E-state index in [9.17, 15) is 4.79 Å². The molecule has 3 rings (SSSR count). The van der Waals surface area contributed by atoms with Crippen molar-refractivity contribution >= 4 is 39.5 Å². The van der Waals surface area contributed by atoms with Crippen LogP contribution in [-0.2, 0) is 11.2 Å². The average Bonchev–Trinajstić information content (AvgIpc) is 3.00. The number of aromatic nitrogens is 4. The standard InChI is InChI=1S/C12H10ClN5OS/c13-8-1-3-9(4-2-8)15-10(19)5-6-11-17-18-7-14-16-12(18)20-11/h1-4,7H,5-6H2,(H,15,19). The van der Waals surface area contributed by atoms with E-state index in [4.69, 9.17) is 11.6 Å². The highest BCUT2D eigenvalue weighted by molar-refractivity contribution is 7.16. The molecular weight excluding hydrogens is 298 g/mol. The molecule has 6 nitrogen and oxygen atoms in total. The van der Waals surface area contributed by atoms with Gasteiger partial charge in [0.05, 0.1) is 0 Å². The van der Waals surface area contributed by atoms with Crippen molar-refractivity contribution in [1.29, 1.82) is 0 Å². The van der Waals surface area contributed by atoms with Gasteiger partial charge in [-0.2, -0.15) is 9.61 Å². The van der Waals surface area contributed by atoms with Crippen molar-refractivity contribution in [3.05, 3.63) is 40.6 Å². The zero-order chi connectivity index (χ0) is 13.9. The Hall–Kier alpha value is -1.99. The number of carbonyl (C=O) groups excluding carboxylic acids is 1. The van der Waals surface area contributed by atoms with Gasteiger partial charge in [-0.15, -0.1) is 10.2 Å². The Labute approximate surface area is 123 Å². The van der Waals surface area contributed by atoms with E-state index in [-0.39, 0.29) is 5.91 Å². The molecule has 0 unspecified atom stereocenters. The number of aryl methyl sites for hydroxylation is 1. The van der Waals surface area contributed by atoms with Gasteiger partial charge in [0.15, 0.2) is 0 Å². The second-order valence-electron chi connectivity index (χ2n) is 4.11. The molecule has 0 aliphatic rings. The molecule has 0 bridgehead atoms. The SMILES string of the molecule is O=C(CCc1nn2cnnc2s1)Nc1ccc(Cl)cc1. The summed E-state index contributed by atoms with van der Waals surface area (Å²) in [5, 5.41) is 16.2. The predicted molar refractivity (Wildman–Crippen MR) is 77.1 cm³/mol. The van der Waals surface area contributed by atoms with Gasteiger partial charge >= 0.3 is 0 Å². The summed E-state index contributed by atoms with van der Waals surface area (Å²) in [6.45, 7) is 0. The lowest BCUT2D eigenvalue weighted by Crippen LogP contribution is -2.12. The lowest BCUT2D eigenvalue weighted by Gasteiger charge is -2.03. The topological polar surface area (TPSA) is 72.2 Å². The first-order valence-corrected chi connectivity index (χ1v) is 7.11. The van der Waals surface area contributed by atoms with Crippen LogP contribution in [0.1, 0.15) is 11.4 Å². The molecule has 0 aliphatic carbocycles. The van der Waals surface area contributed by atoms with Crippen LogP contribution in [-0.4, -0.2) is 25.7 Å². The number of halogens is 1. The van der Waals surface area contributed by atoms with Crippen LogP contribution >= 0.6 is 22.9 Å². The van der Waals surface area contributed by atoms with Crippen molar-refractivity contribution in [2.75, 3.05) is 5.32 Å². The maximum atomic E-state index is 11.8. The molecule has 0 saturated carbocycles. The van der Waals surface area contributed by atoms with E-state index < -0.39 is 0 Å². The first kappa shape index (κ1) is 13.0. The number of benzene rings is 1. The van der Waals surface area contributed by atoms with Gasteiger partial charge in [0.25, 0.3) is 0 Å². The van der Waals surface area contributed by atoms with E-state index in [2.05, 4.69) is 20.6 Å². The maximum Gasteiger partial charge on any atom is 0.234 e. The number of hydrogen-bond donors (Lipinski definition) is 1. The molecule has 20 heavy (non-hydrogen) atoms. The fourth-order valence-corrected chi connectivity index (χ4v) is 2.62. The van der Waals surface area contributed by atoms with Gasteiger partial charge in [0.2, 0.25) is 10.9 Å². The summed E-state index contributed by atoms with van der Waals surface area (Å²) in [4.78, 5) is 12.6. The van der Waals surface area contributed by atoms with Crippen molar-refractivity contribution in [1.82, 2.24) is 19.8 Å². The molecule has 0 atom stereocenters. The van der Waals surface area contributed by atoms with Crippen LogP contribution in [0.3, 0.4) is 0 Å². The third-order valence-corrected chi connectivity index (χ3v) is 3.85. The molecule has 0 radical (unpaired) electrons. The number of rotatable bonds is 4. The first-order chi connectivity index (χ1) is 9.70. The monoisotopic (exact) mass is 307 g/mol. The Morgan fingerprint density at radius 3 is 2.90 bits per heavy atom. The average molecular weight is 308 g/mol. The number of amides is 1. The van der Waals surface area contributed by atoms with E-state index in [1.165, 1.54) is 11.3 Å². The molecule has 0 fully saturated rings. The number of anilines is 1. The van der Waals surface area contributed by atoms with Crippen molar-refractivity contribution in [3.63, 3.8) is 0 Å². The van der Waals surface area contributed by atoms with Crippen LogP contribution in [0, 0.1) is 0 Å². The lowest BCUT2D eigenvalue weighted by atomic mass is 10.2. The van der Waals surface area contributed by atoms with Crippen LogP contribution in [0.25, 0.3) is 4.96 Å². The van der Waals surface area contributed by atoms with Gasteiger partial charge in [-0.3, -0.25) is 4.79 Å². The molecule has 3 aromatic rings. The van der Waals surface area contributed by atoms with Gasteiger partial charge in [-0.05, 0) is 24.3 Å². The number of nitrogens with zero attached hydrogens (tertiary/aromatic N) is 4. The van der Waals surface area contributed by atoms with E-state index in [0.29, 0.717) is 17.9 Å². The van der Waals surface area contributed by atoms with Gasteiger partial charge in [0, 0.05) is 23.6 Å². The fraction of sp³-hybridized carbons (Fsp3) is 0.167. The Morgan fingerprint density at radius 2 is 2.15 bits per heavy atom. The summed E-state index contributed by atoms with van der Waals surface area (Å²) in [6, 6.07) is 7.01. The second kappa shape index (κ2) is 5.56. The second-order valence-corrected chi connectivity index (χ2v) is 5.59. The summed E-state index contributed by atoms with van der Waals surface area (Å²) in [6.07, 6.45) is 2.49. The van der Waals surface area contributed by atoms with Crippen LogP contribution in [0.5, 0.6) is 0 Å². The number of fused-ring (bicyclic) bond motifs is 1. The Kier molecular flexibility index (Phi) is 3.62. The van der Waals surface area contributed by atoms with Gasteiger partial charge in [-0.1, -0.05) is 22.9 Å². The summed E-state index contributed by atoms with van der Waals surface area (Å²) in [5.74, 6) is -0.0571. The highest BCUT2D eigenvalue weighted by Crippen LogP contribution is 2.15. The normalized spacial score (nSPS) is 10.8. The van der Waals surface area contributed by atoms with E-state index in [1.54, 1.807) is 35.1 Å². The molecule has 1 aromatic carbocycles. The number of carbonyl (C=O) groups is 1. The first-order valence-electron chi connectivity index (χ1n) is 5.92. The Balaban J connectivity index is 1.56. The molecule has 0 saturated heterocycles. The molecule has 0 aliphatic heterocycles. The van der Waals surface area contributed by atoms with Gasteiger partial charge in [-0.25, -0.2) is 0 Å². The quantitative estimate of drug-likeness (QED) is 0.803. The highest BCUT2D eigenvalue weighted by atomic mass is 35.5. The largest absolute Gasteiger partial charge is 0.326 e. The molecule has 2 aromatic heterocycles. The molecule has 2 heterocycles. The van der Waals surface area contributed by atoms with Crippen LogP contribution in [0.15, 0.2) is 30.6 Å². The molecular formula is C12H10ClN5OS. The Bertz CT molecular complexity index is 707. The van der Waals surface area contributed by atoms with Crippen LogP contribution < -0.4 is 5.32 Å². The van der Waals surface area contributed by atoms with Gasteiger partial charge in [0.1, 0.15) is 11.3 Å². The zero-order valence-electron chi connectivity index (χ0n) is 10.3. The maximum absolute atomic E-state index is 11.8. The summed E-state index contributed by atoms with van der Waals surface area (Å²) < 4.78 is 1.61. The minimum Gasteiger partial charge on any atom is -0.326 e. The third-order valence-electron chi connectivity index (χ3n) is 2.62. The smallest absolute Gasteiger partial charge is 0.234 e. The summed E-state index contributed by atoms with van der Waals surface area (Å²) >= 11 is 7.22. The van der Waals surface area contributed by atoms with Crippen molar-refractivity contribution in [2.45, 2.75) is 12.8 Å². The zero-order valence-corrected chi connectivity index (χ0v) is 11.9. The number of nitrogens with one attached hydrogen (secondary N) is 1. The predicted octanol–water partition coefficient (Wildman–Crippen LogP) is 2.41. The minimum atomic E-state index is -0.0571. The van der Waals surface area contributed by atoms with E-state index >= 15 is 0 Å². The van der Waals surface area contributed by atoms with Crippen LogP contribution in [0.4, 0.5) is 5.69 Å².